The third-order valence-electron chi connectivity index (χ3n) is 9.22. The molecular weight excluding hydrogens is 588 g/mol. The Kier molecular flexibility index (Phi) is 22.7. The van der Waals surface area contributed by atoms with Gasteiger partial charge in [0.2, 0.25) is 0 Å². The van der Waals surface area contributed by atoms with Crippen LogP contribution >= 0.6 is 0 Å². The van der Waals surface area contributed by atoms with E-state index in [1.165, 1.54) is 90.4 Å². The van der Waals surface area contributed by atoms with Crippen LogP contribution in [0, 0.1) is 11.8 Å². The van der Waals surface area contributed by atoms with Crippen LogP contribution < -0.4 is 0 Å². The second-order valence-electron chi connectivity index (χ2n) is 14.6. The number of aliphatic hydroxyl groups is 2. The molecule has 1 rings (SSSR count). The van der Waals surface area contributed by atoms with E-state index in [2.05, 4.69) is 13.5 Å². The summed E-state index contributed by atoms with van der Waals surface area (Å²) in [5, 5.41) is 21.2. The number of carbonyl (C=O) groups is 2. The Morgan fingerprint density at radius 2 is 1.47 bits per heavy atom. The molecule has 1 aliphatic carbocycles. The van der Waals surface area contributed by atoms with Crippen molar-refractivity contribution in [1.29, 1.82) is 0 Å². The normalized spacial score (nSPS) is 21.0. The van der Waals surface area contributed by atoms with Crippen molar-refractivity contribution in [1.82, 2.24) is 0 Å². The molecule has 0 fully saturated rings. The summed E-state index contributed by atoms with van der Waals surface area (Å²) in [7, 11) is 0. The minimum atomic E-state index is -1.00. The van der Waals surface area contributed by atoms with Crippen LogP contribution in [0.15, 0.2) is 48.1 Å². The highest BCUT2D eigenvalue weighted by Gasteiger charge is 2.32. The molecule has 0 aromatic heterocycles. The molecule has 0 amide bonds. The van der Waals surface area contributed by atoms with Crippen molar-refractivity contribution in [3.05, 3.63) is 48.1 Å². The van der Waals surface area contributed by atoms with Crippen LogP contribution in [-0.2, 0) is 19.1 Å². The predicted octanol–water partition coefficient (Wildman–Crippen LogP) is 10.3. The van der Waals surface area contributed by atoms with Gasteiger partial charge in [-0.15, -0.1) is 0 Å². The van der Waals surface area contributed by atoms with E-state index in [1.54, 1.807) is 39.0 Å². The molecule has 0 saturated heterocycles. The first-order valence-corrected chi connectivity index (χ1v) is 18.8. The van der Waals surface area contributed by atoms with E-state index in [0.717, 1.165) is 30.4 Å². The molecule has 0 saturated carbocycles. The zero-order valence-corrected chi connectivity index (χ0v) is 30.8. The quantitative estimate of drug-likeness (QED) is 0.0464. The highest BCUT2D eigenvalue weighted by atomic mass is 16.5. The average Bonchev–Trinajstić information content (AvgIpc) is 3.04. The van der Waals surface area contributed by atoms with Crippen molar-refractivity contribution in [3.63, 3.8) is 0 Å². The third-order valence-corrected chi connectivity index (χ3v) is 9.22. The second kappa shape index (κ2) is 24.9. The van der Waals surface area contributed by atoms with Gasteiger partial charge in [0.05, 0.1) is 17.8 Å². The lowest BCUT2D eigenvalue weighted by atomic mass is 9.77. The lowest BCUT2D eigenvalue weighted by molar-refractivity contribution is -0.143. The molecular formula is C41H70O6. The zero-order chi connectivity index (χ0) is 35.0. The molecule has 0 spiro atoms. The Balaban J connectivity index is 2.59. The minimum Gasteiger partial charge on any atom is -0.465 e. The molecule has 0 aromatic carbocycles. The first-order chi connectivity index (χ1) is 22.3. The Morgan fingerprint density at radius 1 is 0.936 bits per heavy atom. The second-order valence-corrected chi connectivity index (χ2v) is 14.6. The summed E-state index contributed by atoms with van der Waals surface area (Å²) in [5.74, 6) is -0.974. The maximum atomic E-state index is 12.8. The first-order valence-electron chi connectivity index (χ1n) is 18.8. The number of hydrogen-bond donors (Lipinski definition) is 2. The Labute approximate surface area is 288 Å². The van der Waals surface area contributed by atoms with Crippen molar-refractivity contribution >= 4 is 11.9 Å². The molecule has 1 aliphatic rings. The van der Waals surface area contributed by atoms with E-state index >= 15 is 0 Å². The molecule has 0 aliphatic heterocycles. The van der Waals surface area contributed by atoms with Crippen LogP contribution in [-0.4, -0.2) is 46.6 Å². The highest BCUT2D eigenvalue weighted by Crippen LogP contribution is 2.36. The van der Waals surface area contributed by atoms with E-state index in [9.17, 15) is 19.8 Å². The largest absolute Gasteiger partial charge is 0.465 e. The van der Waals surface area contributed by atoms with Gasteiger partial charge in [-0.05, 0) is 57.9 Å². The van der Waals surface area contributed by atoms with Crippen molar-refractivity contribution in [3.8, 4) is 0 Å². The fourth-order valence-electron chi connectivity index (χ4n) is 6.26. The molecule has 6 heteroatoms. The fourth-order valence-corrected chi connectivity index (χ4v) is 6.26. The van der Waals surface area contributed by atoms with Crippen LogP contribution in [0.1, 0.15) is 163 Å². The first kappa shape index (κ1) is 42.8. The number of rotatable bonds is 24. The number of unbranched alkanes of at least 4 members (excludes halogenated alkanes) is 15. The van der Waals surface area contributed by atoms with E-state index in [-0.39, 0.29) is 37.0 Å². The van der Waals surface area contributed by atoms with E-state index < -0.39 is 11.2 Å². The Morgan fingerprint density at radius 3 is 1.98 bits per heavy atom. The Bertz CT molecular complexity index is 967. The number of carbonyl (C=O) groups excluding carboxylic acids is 2. The molecule has 0 aromatic rings. The highest BCUT2D eigenvalue weighted by molar-refractivity contribution is 5.69. The summed E-state index contributed by atoms with van der Waals surface area (Å²) in [6, 6.07) is 0. The van der Waals surface area contributed by atoms with Crippen molar-refractivity contribution in [2.24, 2.45) is 11.8 Å². The topological polar surface area (TPSA) is 93.1 Å². The minimum absolute atomic E-state index is 0.0952. The van der Waals surface area contributed by atoms with E-state index in [4.69, 9.17) is 9.47 Å². The molecule has 0 radical (unpaired) electrons. The van der Waals surface area contributed by atoms with Gasteiger partial charge in [0.25, 0.3) is 0 Å². The predicted molar refractivity (Wildman–Crippen MR) is 195 cm³/mol. The molecule has 2 N–H and O–H groups in total. The van der Waals surface area contributed by atoms with Crippen molar-refractivity contribution < 1.29 is 29.3 Å². The fraction of sp³-hybridized carbons (Fsp3) is 0.756. The van der Waals surface area contributed by atoms with E-state index in [0.29, 0.717) is 25.7 Å². The number of ether oxygens (including phenoxy) is 2. The van der Waals surface area contributed by atoms with Gasteiger partial charge in [0, 0.05) is 19.3 Å². The third kappa shape index (κ3) is 22.9. The average molecular weight is 659 g/mol. The summed E-state index contributed by atoms with van der Waals surface area (Å²) < 4.78 is 11.3. The number of hydrogen-bond acceptors (Lipinski definition) is 6. The summed E-state index contributed by atoms with van der Waals surface area (Å²) in [4.78, 5) is 24.6. The molecule has 3 unspecified atom stereocenters. The lowest BCUT2D eigenvalue weighted by Crippen LogP contribution is -2.29. The van der Waals surface area contributed by atoms with Crippen LogP contribution in [0.2, 0.25) is 0 Å². The van der Waals surface area contributed by atoms with Gasteiger partial charge in [0.1, 0.15) is 6.61 Å². The molecule has 0 heterocycles. The van der Waals surface area contributed by atoms with Crippen LogP contribution in [0.3, 0.4) is 0 Å². The summed E-state index contributed by atoms with van der Waals surface area (Å²) in [5.41, 5.74) is -0.255. The van der Waals surface area contributed by atoms with Gasteiger partial charge in [-0.3, -0.25) is 9.59 Å². The van der Waals surface area contributed by atoms with Gasteiger partial charge in [-0.25, -0.2) is 0 Å². The van der Waals surface area contributed by atoms with Crippen LogP contribution in [0.25, 0.3) is 0 Å². The number of esters is 2. The molecule has 0 bridgehead atoms. The SMILES string of the molecule is C=C1CC=CC(C)(O)CCC(C(=CC=CC(C)(C)O)COC(=O)CCCCCCCCCCCCCCCCCC)C1COC(C)=O. The van der Waals surface area contributed by atoms with Gasteiger partial charge in [-0.1, -0.05) is 146 Å². The monoisotopic (exact) mass is 659 g/mol. The summed E-state index contributed by atoms with van der Waals surface area (Å²) in [6.07, 6.45) is 31.7. The molecule has 270 valence electrons. The number of allylic oxidation sites excluding steroid dienone is 3. The Hall–Kier alpha value is -2.18. The van der Waals surface area contributed by atoms with Gasteiger partial charge < -0.3 is 19.7 Å². The van der Waals surface area contributed by atoms with Gasteiger partial charge in [0.15, 0.2) is 0 Å². The molecule has 3 atom stereocenters. The standard InChI is InChI=1S/C41H70O6/c1-7-8-9-10-11-12-13-14-15-16-17-18-19-20-21-22-27-39(43)47-32-36(26-24-29-40(4,5)44)37-28-31-41(6,45)30-23-25-34(2)38(37)33-46-35(3)42/h23-24,26,29-30,37-38,44-45H,2,7-22,25,27-28,31-33H2,1,3-6H3. The molecule has 6 nitrogen and oxygen atoms in total. The summed E-state index contributed by atoms with van der Waals surface area (Å²) in [6.45, 7) is 13.4. The summed E-state index contributed by atoms with van der Waals surface area (Å²) >= 11 is 0. The maximum Gasteiger partial charge on any atom is 0.306 e. The lowest BCUT2D eigenvalue weighted by Gasteiger charge is -2.31. The maximum absolute atomic E-state index is 12.8. The van der Waals surface area contributed by atoms with Crippen molar-refractivity contribution in [2.45, 2.75) is 174 Å². The van der Waals surface area contributed by atoms with Gasteiger partial charge >= 0.3 is 11.9 Å². The zero-order valence-electron chi connectivity index (χ0n) is 30.8. The van der Waals surface area contributed by atoms with Crippen molar-refractivity contribution in [2.75, 3.05) is 13.2 Å². The van der Waals surface area contributed by atoms with Crippen LogP contribution in [0.5, 0.6) is 0 Å². The van der Waals surface area contributed by atoms with Crippen LogP contribution in [0.4, 0.5) is 0 Å². The smallest absolute Gasteiger partial charge is 0.306 e. The van der Waals surface area contributed by atoms with E-state index in [1.807, 2.05) is 12.2 Å². The molecule has 47 heavy (non-hydrogen) atoms. The van der Waals surface area contributed by atoms with Gasteiger partial charge in [-0.2, -0.15) is 0 Å².